The largest absolute Gasteiger partial charge is 0.497 e. The molecule has 1 aliphatic rings. The Hall–Kier alpha value is -3.16. The second-order valence-electron chi connectivity index (χ2n) is 6.19. The van der Waals surface area contributed by atoms with Gasteiger partial charge in [0.15, 0.2) is 0 Å². The van der Waals surface area contributed by atoms with Crippen molar-refractivity contribution in [3.8, 4) is 5.75 Å². The third-order valence-corrected chi connectivity index (χ3v) is 4.16. The molecule has 0 spiro atoms. The van der Waals surface area contributed by atoms with Gasteiger partial charge in [0.25, 0.3) is 0 Å². The number of benzene rings is 1. The molecule has 1 saturated heterocycles. The Morgan fingerprint density at radius 3 is 2.46 bits per heavy atom. The van der Waals surface area contributed by atoms with Gasteiger partial charge in [0, 0.05) is 30.0 Å². The molecule has 0 aliphatic carbocycles. The Balaban J connectivity index is 1.61. The van der Waals surface area contributed by atoms with Crippen LogP contribution >= 0.6 is 0 Å². The molecule has 8 nitrogen and oxygen atoms in total. The van der Waals surface area contributed by atoms with Crippen molar-refractivity contribution < 1.29 is 14.3 Å². The average Bonchev–Trinajstić information content (AvgIpc) is 3.01. The molecular formula is C18H21N5O3. The lowest BCUT2D eigenvalue weighted by Gasteiger charge is -2.17. The number of aryl methyl sites for hydroxylation is 2. The zero-order valence-corrected chi connectivity index (χ0v) is 14.9. The zero-order valence-electron chi connectivity index (χ0n) is 14.9. The fourth-order valence-corrected chi connectivity index (χ4v) is 2.90. The molecule has 26 heavy (non-hydrogen) atoms. The van der Waals surface area contributed by atoms with Crippen LogP contribution in [-0.4, -0.2) is 35.4 Å². The second-order valence-corrected chi connectivity index (χ2v) is 6.19. The second kappa shape index (κ2) is 7.38. The highest BCUT2D eigenvalue weighted by Gasteiger charge is 2.35. The van der Waals surface area contributed by atoms with Crippen LogP contribution in [0.4, 0.5) is 11.6 Å². The quantitative estimate of drug-likeness (QED) is 0.791. The maximum atomic E-state index is 12.4. The SMILES string of the molecule is COc1ccc(N2CC(C(=O)NNc3nc(C)cc(C)n3)CC2=O)cc1. The summed E-state index contributed by atoms with van der Waals surface area (Å²) in [6.07, 6.45) is 0.160. The van der Waals surface area contributed by atoms with Crippen LogP contribution in [0.5, 0.6) is 5.75 Å². The minimum absolute atomic E-state index is 0.0852. The maximum absolute atomic E-state index is 12.4. The lowest BCUT2D eigenvalue weighted by atomic mass is 10.1. The molecule has 1 unspecified atom stereocenters. The molecule has 2 aromatic rings. The first-order valence-electron chi connectivity index (χ1n) is 8.29. The van der Waals surface area contributed by atoms with Gasteiger partial charge in [-0.05, 0) is 44.2 Å². The van der Waals surface area contributed by atoms with E-state index in [1.807, 2.05) is 19.9 Å². The van der Waals surface area contributed by atoms with Gasteiger partial charge < -0.3 is 9.64 Å². The molecule has 0 bridgehead atoms. The average molecular weight is 355 g/mol. The molecular weight excluding hydrogens is 334 g/mol. The number of methoxy groups -OCH3 is 1. The zero-order chi connectivity index (χ0) is 18.7. The van der Waals surface area contributed by atoms with Gasteiger partial charge in [-0.3, -0.25) is 20.4 Å². The van der Waals surface area contributed by atoms with Crippen molar-refractivity contribution in [1.29, 1.82) is 0 Å². The number of nitrogens with zero attached hydrogens (tertiary/aromatic N) is 3. The molecule has 1 aromatic heterocycles. The minimum Gasteiger partial charge on any atom is -0.497 e. The van der Waals surface area contributed by atoms with Crippen molar-refractivity contribution in [2.24, 2.45) is 5.92 Å². The van der Waals surface area contributed by atoms with Crippen molar-refractivity contribution in [2.75, 3.05) is 24.0 Å². The van der Waals surface area contributed by atoms with Crippen LogP contribution in [0, 0.1) is 19.8 Å². The van der Waals surface area contributed by atoms with Crippen molar-refractivity contribution in [3.05, 3.63) is 41.7 Å². The smallest absolute Gasteiger partial charge is 0.243 e. The molecule has 3 rings (SSSR count). The predicted molar refractivity (Wildman–Crippen MR) is 96.7 cm³/mol. The van der Waals surface area contributed by atoms with E-state index in [0.29, 0.717) is 18.2 Å². The van der Waals surface area contributed by atoms with Gasteiger partial charge in [0.1, 0.15) is 5.75 Å². The number of hydrogen-bond donors (Lipinski definition) is 2. The van der Waals surface area contributed by atoms with E-state index < -0.39 is 5.92 Å². The highest BCUT2D eigenvalue weighted by Crippen LogP contribution is 2.26. The standard InChI is InChI=1S/C18H21N5O3/c1-11-8-12(2)20-18(19-11)22-21-17(25)13-9-16(24)23(10-13)14-4-6-15(26-3)7-5-14/h4-8,13H,9-10H2,1-3H3,(H,21,25)(H,19,20,22). The van der Waals surface area contributed by atoms with Crippen LogP contribution in [0.2, 0.25) is 0 Å². The molecule has 0 saturated carbocycles. The minimum atomic E-state index is -0.442. The Labute approximate surface area is 151 Å². The molecule has 136 valence electrons. The Morgan fingerprint density at radius 1 is 1.19 bits per heavy atom. The number of ether oxygens (including phenoxy) is 1. The van der Waals surface area contributed by atoms with Gasteiger partial charge in [0.05, 0.1) is 13.0 Å². The molecule has 2 N–H and O–H groups in total. The number of amides is 2. The first-order valence-corrected chi connectivity index (χ1v) is 8.29. The van der Waals surface area contributed by atoms with Gasteiger partial charge in [-0.25, -0.2) is 9.97 Å². The van der Waals surface area contributed by atoms with Crippen LogP contribution in [-0.2, 0) is 9.59 Å². The lowest BCUT2D eigenvalue weighted by Crippen LogP contribution is -2.37. The summed E-state index contributed by atoms with van der Waals surface area (Å²) in [7, 11) is 1.59. The summed E-state index contributed by atoms with van der Waals surface area (Å²) >= 11 is 0. The van der Waals surface area contributed by atoms with Crippen molar-refractivity contribution in [1.82, 2.24) is 15.4 Å². The molecule has 1 atom stereocenters. The summed E-state index contributed by atoms with van der Waals surface area (Å²) in [5.74, 6) is 0.248. The summed E-state index contributed by atoms with van der Waals surface area (Å²) in [4.78, 5) is 34.7. The summed E-state index contributed by atoms with van der Waals surface area (Å²) in [5, 5.41) is 0. The number of aromatic nitrogens is 2. The number of anilines is 2. The van der Waals surface area contributed by atoms with E-state index in [1.54, 1.807) is 36.3 Å². The monoisotopic (exact) mass is 355 g/mol. The summed E-state index contributed by atoms with van der Waals surface area (Å²) in [6.45, 7) is 4.03. The first-order chi connectivity index (χ1) is 12.5. The summed E-state index contributed by atoms with van der Waals surface area (Å²) < 4.78 is 5.12. The molecule has 8 heteroatoms. The van der Waals surface area contributed by atoms with Gasteiger partial charge in [0.2, 0.25) is 17.8 Å². The topological polar surface area (TPSA) is 96.5 Å². The van der Waals surface area contributed by atoms with Crippen molar-refractivity contribution >= 4 is 23.5 Å². The van der Waals surface area contributed by atoms with Crippen LogP contribution < -0.4 is 20.5 Å². The number of hydrazine groups is 1. The van der Waals surface area contributed by atoms with E-state index in [2.05, 4.69) is 20.8 Å². The Morgan fingerprint density at radius 2 is 1.85 bits per heavy atom. The van der Waals surface area contributed by atoms with E-state index >= 15 is 0 Å². The van der Waals surface area contributed by atoms with Crippen LogP contribution in [0.15, 0.2) is 30.3 Å². The maximum Gasteiger partial charge on any atom is 0.243 e. The number of nitrogens with one attached hydrogen (secondary N) is 2. The molecule has 1 fully saturated rings. The lowest BCUT2D eigenvalue weighted by molar-refractivity contribution is -0.125. The highest BCUT2D eigenvalue weighted by atomic mass is 16.5. The number of rotatable bonds is 5. The van der Waals surface area contributed by atoms with Gasteiger partial charge >= 0.3 is 0 Å². The highest BCUT2D eigenvalue weighted by molar-refractivity contribution is 6.00. The Kier molecular flexibility index (Phi) is 5.01. The van der Waals surface area contributed by atoms with E-state index in [9.17, 15) is 9.59 Å². The van der Waals surface area contributed by atoms with Gasteiger partial charge in [-0.1, -0.05) is 0 Å². The van der Waals surface area contributed by atoms with E-state index in [0.717, 1.165) is 17.1 Å². The molecule has 2 heterocycles. The van der Waals surface area contributed by atoms with Crippen LogP contribution in [0.1, 0.15) is 17.8 Å². The van der Waals surface area contributed by atoms with Gasteiger partial charge in [-0.15, -0.1) is 0 Å². The normalized spacial score (nSPS) is 16.5. The predicted octanol–water partition coefficient (Wildman–Crippen LogP) is 1.60. The van der Waals surface area contributed by atoms with Crippen molar-refractivity contribution in [3.63, 3.8) is 0 Å². The molecule has 2 amide bonds. The van der Waals surface area contributed by atoms with Crippen LogP contribution in [0.25, 0.3) is 0 Å². The number of hydrogen-bond acceptors (Lipinski definition) is 6. The molecule has 0 radical (unpaired) electrons. The third-order valence-electron chi connectivity index (χ3n) is 4.16. The fourth-order valence-electron chi connectivity index (χ4n) is 2.90. The van der Waals surface area contributed by atoms with Crippen molar-refractivity contribution in [2.45, 2.75) is 20.3 Å². The van der Waals surface area contributed by atoms with Crippen LogP contribution in [0.3, 0.4) is 0 Å². The Bertz CT molecular complexity index is 802. The van der Waals surface area contributed by atoms with Gasteiger partial charge in [-0.2, -0.15) is 0 Å². The molecule has 1 aromatic carbocycles. The first kappa shape index (κ1) is 17.7. The number of carbonyl (C=O) groups is 2. The summed E-state index contributed by atoms with van der Waals surface area (Å²) in [6, 6.07) is 9.02. The summed E-state index contributed by atoms with van der Waals surface area (Å²) in [5.41, 5.74) is 7.66. The van der Waals surface area contributed by atoms with E-state index in [4.69, 9.17) is 4.74 Å². The van der Waals surface area contributed by atoms with E-state index in [1.165, 1.54) is 0 Å². The number of carbonyl (C=O) groups excluding carboxylic acids is 2. The van der Waals surface area contributed by atoms with E-state index in [-0.39, 0.29) is 18.2 Å². The molecule has 1 aliphatic heterocycles. The third kappa shape index (κ3) is 3.90. The fraction of sp³-hybridized carbons (Fsp3) is 0.333.